The van der Waals surface area contributed by atoms with Crippen LogP contribution in [0.2, 0.25) is 0 Å². The van der Waals surface area contributed by atoms with Crippen molar-refractivity contribution in [2.45, 2.75) is 6.04 Å². The number of nitrogens with zero attached hydrogens (tertiary/aromatic N) is 1. The Morgan fingerprint density at radius 1 is 1.61 bits per heavy atom. The van der Waals surface area contributed by atoms with E-state index in [4.69, 9.17) is 22.7 Å². The van der Waals surface area contributed by atoms with E-state index in [9.17, 15) is 5.11 Å². The van der Waals surface area contributed by atoms with Crippen LogP contribution in [0.3, 0.4) is 0 Å². The van der Waals surface area contributed by atoms with Crippen LogP contribution in [0.15, 0.2) is 22.7 Å². The summed E-state index contributed by atoms with van der Waals surface area (Å²) < 4.78 is 6.23. The molecule has 1 fully saturated rings. The van der Waals surface area contributed by atoms with Crippen molar-refractivity contribution < 1.29 is 9.84 Å². The van der Waals surface area contributed by atoms with Crippen LogP contribution in [-0.4, -0.2) is 42.5 Å². The predicted octanol–water partition coefficient (Wildman–Crippen LogP) is 1.28. The summed E-state index contributed by atoms with van der Waals surface area (Å²) in [6.45, 7) is 2.06. The second-order valence-corrected chi connectivity index (χ2v) is 5.43. The first kappa shape index (κ1) is 13.7. The molecule has 1 unspecified atom stereocenters. The van der Waals surface area contributed by atoms with Crippen LogP contribution in [0, 0.1) is 0 Å². The zero-order chi connectivity index (χ0) is 13.1. The molecule has 6 heteroatoms. The summed E-state index contributed by atoms with van der Waals surface area (Å²) in [5, 5.41) is 9.36. The summed E-state index contributed by atoms with van der Waals surface area (Å²) in [5.74, 6) is 0. The highest BCUT2D eigenvalue weighted by Gasteiger charge is 2.23. The van der Waals surface area contributed by atoms with Crippen molar-refractivity contribution in [3.63, 3.8) is 0 Å². The van der Waals surface area contributed by atoms with E-state index in [-0.39, 0.29) is 12.6 Å². The average molecular weight is 331 g/mol. The number of ether oxygens (including phenoxy) is 1. The largest absolute Gasteiger partial charge is 0.394 e. The fourth-order valence-corrected chi connectivity index (χ4v) is 2.92. The van der Waals surface area contributed by atoms with Crippen LogP contribution in [0.1, 0.15) is 5.56 Å². The minimum atomic E-state index is 0.00123. The minimum absolute atomic E-state index is 0.00123. The Hall–Kier alpha value is -0.690. The van der Waals surface area contributed by atoms with Crippen molar-refractivity contribution in [1.29, 1.82) is 0 Å². The number of nitrogens with two attached hydrogens (primary N) is 1. The first-order chi connectivity index (χ1) is 8.63. The molecule has 1 aromatic rings. The number of halogens is 1. The Kier molecular flexibility index (Phi) is 4.55. The molecule has 0 saturated carbocycles. The molecule has 1 aliphatic rings. The molecule has 0 aliphatic carbocycles. The Labute approximate surface area is 120 Å². The van der Waals surface area contributed by atoms with Gasteiger partial charge in [0.15, 0.2) is 0 Å². The second kappa shape index (κ2) is 5.97. The van der Waals surface area contributed by atoms with E-state index in [0.29, 0.717) is 18.2 Å². The number of thiocarbonyl (C=S) groups is 1. The number of aliphatic hydroxyl groups is 1. The summed E-state index contributed by atoms with van der Waals surface area (Å²) in [7, 11) is 0. The van der Waals surface area contributed by atoms with E-state index in [2.05, 4.69) is 20.8 Å². The molecule has 0 spiro atoms. The summed E-state index contributed by atoms with van der Waals surface area (Å²) in [6, 6.07) is 5.84. The van der Waals surface area contributed by atoms with E-state index in [1.54, 1.807) is 0 Å². The van der Waals surface area contributed by atoms with Crippen molar-refractivity contribution in [1.82, 2.24) is 0 Å². The summed E-state index contributed by atoms with van der Waals surface area (Å²) in [5.41, 5.74) is 7.48. The van der Waals surface area contributed by atoms with Gasteiger partial charge in [0.25, 0.3) is 0 Å². The maximum atomic E-state index is 9.36. The third-order valence-corrected chi connectivity index (χ3v) is 3.86. The first-order valence-electron chi connectivity index (χ1n) is 5.68. The van der Waals surface area contributed by atoms with Crippen molar-refractivity contribution in [2.24, 2.45) is 5.73 Å². The molecule has 0 aromatic heterocycles. The molecular weight excluding hydrogens is 316 g/mol. The van der Waals surface area contributed by atoms with E-state index in [1.807, 2.05) is 18.2 Å². The lowest BCUT2D eigenvalue weighted by molar-refractivity contribution is 0.0727. The Balaban J connectivity index is 2.27. The zero-order valence-corrected chi connectivity index (χ0v) is 12.2. The van der Waals surface area contributed by atoms with E-state index in [0.717, 1.165) is 22.3 Å². The Morgan fingerprint density at radius 3 is 3.00 bits per heavy atom. The lowest BCUT2D eigenvalue weighted by atomic mass is 10.1. The molecule has 0 amide bonds. The quantitative estimate of drug-likeness (QED) is 0.817. The number of benzene rings is 1. The molecule has 1 atom stereocenters. The van der Waals surface area contributed by atoms with Gasteiger partial charge in [-0.15, -0.1) is 0 Å². The highest BCUT2D eigenvalue weighted by molar-refractivity contribution is 9.10. The SMILES string of the molecule is NC(=S)c1ccc(N2CCOCC2CO)cc1Br. The van der Waals surface area contributed by atoms with E-state index >= 15 is 0 Å². The number of aliphatic hydroxyl groups excluding tert-OH is 1. The standard InChI is InChI=1S/C12H15BrN2O2S/c13-11-5-8(1-2-10(11)12(14)18)15-3-4-17-7-9(15)6-16/h1-2,5,9,16H,3-4,6-7H2,(H2,14,18). The minimum Gasteiger partial charge on any atom is -0.394 e. The molecule has 18 heavy (non-hydrogen) atoms. The molecule has 1 aliphatic heterocycles. The van der Waals surface area contributed by atoms with Crippen LogP contribution >= 0.6 is 28.1 Å². The summed E-state index contributed by atoms with van der Waals surface area (Å²) in [4.78, 5) is 2.51. The molecule has 0 radical (unpaired) electrons. The van der Waals surface area contributed by atoms with Gasteiger partial charge >= 0.3 is 0 Å². The van der Waals surface area contributed by atoms with Crippen LogP contribution in [-0.2, 0) is 4.74 Å². The van der Waals surface area contributed by atoms with Gasteiger partial charge < -0.3 is 20.5 Å². The Bertz CT molecular complexity index is 456. The summed E-state index contributed by atoms with van der Waals surface area (Å²) >= 11 is 8.44. The van der Waals surface area contributed by atoms with Gasteiger partial charge in [-0.3, -0.25) is 0 Å². The fourth-order valence-electron chi connectivity index (χ4n) is 2.03. The van der Waals surface area contributed by atoms with Gasteiger partial charge in [0, 0.05) is 22.3 Å². The molecule has 0 bridgehead atoms. The lowest BCUT2D eigenvalue weighted by Gasteiger charge is -2.36. The van der Waals surface area contributed by atoms with Gasteiger partial charge in [0.05, 0.1) is 25.9 Å². The van der Waals surface area contributed by atoms with Crippen molar-refractivity contribution >= 4 is 38.8 Å². The number of hydrogen-bond acceptors (Lipinski definition) is 4. The first-order valence-corrected chi connectivity index (χ1v) is 6.88. The molecule has 98 valence electrons. The second-order valence-electron chi connectivity index (χ2n) is 4.13. The lowest BCUT2D eigenvalue weighted by Crippen LogP contribution is -2.47. The third-order valence-electron chi connectivity index (χ3n) is 2.99. The van der Waals surface area contributed by atoms with Crippen LogP contribution < -0.4 is 10.6 Å². The van der Waals surface area contributed by atoms with E-state index < -0.39 is 0 Å². The van der Waals surface area contributed by atoms with Gasteiger partial charge in [0.1, 0.15) is 4.99 Å². The molecule has 4 nitrogen and oxygen atoms in total. The van der Waals surface area contributed by atoms with Crippen molar-refractivity contribution in [2.75, 3.05) is 31.3 Å². The van der Waals surface area contributed by atoms with Crippen LogP contribution in [0.5, 0.6) is 0 Å². The fraction of sp³-hybridized carbons (Fsp3) is 0.417. The average Bonchev–Trinajstić information content (AvgIpc) is 2.38. The summed E-state index contributed by atoms with van der Waals surface area (Å²) in [6.07, 6.45) is 0. The maximum Gasteiger partial charge on any atom is 0.105 e. The van der Waals surface area contributed by atoms with Crippen LogP contribution in [0.4, 0.5) is 5.69 Å². The van der Waals surface area contributed by atoms with Gasteiger partial charge in [-0.05, 0) is 34.1 Å². The number of anilines is 1. The molecule has 1 heterocycles. The highest BCUT2D eigenvalue weighted by Crippen LogP contribution is 2.26. The van der Waals surface area contributed by atoms with Gasteiger partial charge in [0.2, 0.25) is 0 Å². The Morgan fingerprint density at radius 2 is 2.39 bits per heavy atom. The molecule has 2 rings (SSSR count). The maximum absolute atomic E-state index is 9.36. The zero-order valence-electron chi connectivity index (χ0n) is 9.80. The monoisotopic (exact) mass is 330 g/mol. The molecule has 1 saturated heterocycles. The van der Waals surface area contributed by atoms with E-state index in [1.165, 1.54) is 0 Å². The van der Waals surface area contributed by atoms with Gasteiger partial charge in [-0.2, -0.15) is 0 Å². The van der Waals surface area contributed by atoms with Crippen molar-refractivity contribution in [3.8, 4) is 0 Å². The van der Waals surface area contributed by atoms with Gasteiger partial charge in [-0.25, -0.2) is 0 Å². The number of morpholine rings is 1. The topological polar surface area (TPSA) is 58.7 Å². The van der Waals surface area contributed by atoms with Crippen molar-refractivity contribution in [3.05, 3.63) is 28.2 Å². The van der Waals surface area contributed by atoms with Crippen LogP contribution in [0.25, 0.3) is 0 Å². The smallest absolute Gasteiger partial charge is 0.105 e. The number of hydrogen-bond donors (Lipinski definition) is 2. The molecule has 3 N–H and O–H groups in total. The van der Waals surface area contributed by atoms with Gasteiger partial charge in [-0.1, -0.05) is 12.2 Å². The normalized spacial score (nSPS) is 19.9. The predicted molar refractivity (Wildman–Crippen MR) is 79.1 cm³/mol. The third kappa shape index (κ3) is 2.83. The molecule has 1 aromatic carbocycles. The molecular formula is C12H15BrN2O2S. The highest BCUT2D eigenvalue weighted by atomic mass is 79.9. The number of rotatable bonds is 3.